The Labute approximate surface area is 138 Å². The number of amides is 1. The van der Waals surface area contributed by atoms with Gasteiger partial charge >= 0.3 is 5.76 Å². The van der Waals surface area contributed by atoms with Gasteiger partial charge < -0.3 is 14.8 Å². The Balaban J connectivity index is 1.78. The lowest BCUT2D eigenvalue weighted by Crippen LogP contribution is -2.34. The number of benzene rings is 2. The fourth-order valence-electron chi connectivity index (χ4n) is 2.68. The van der Waals surface area contributed by atoms with Crippen molar-refractivity contribution in [3.8, 4) is 0 Å². The third-order valence-electron chi connectivity index (χ3n) is 3.83. The number of aliphatic hydroxyl groups is 1. The van der Waals surface area contributed by atoms with Gasteiger partial charge in [-0.05, 0) is 24.1 Å². The Bertz CT molecular complexity index is 883. The summed E-state index contributed by atoms with van der Waals surface area (Å²) < 4.78 is 6.42. The van der Waals surface area contributed by atoms with Crippen molar-refractivity contribution in [2.24, 2.45) is 0 Å². The quantitative estimate of drug-likeness (QED) is 0.724. The highest BCUT2D eigenvalue weighted by Crippen LogP contribution is 2.16. The van der Waals surface area contributed by atoms with Crippen LogP contribution < -0.4 is 11.1 Å². The first-order chi connectivity index (χ1) is 11.7. The molecule has 0 aliphatic heterocycles. The largest absolute Gasteiger partial charge is 0.420 e. The van der Waals surface area contributed by atoms with E-state index in [9.17, 15) is 14.7 Å². The minimum absolute atomic E-state index is 0.0472. The van der Waals surface area contributed by atoms with Gasteiger partial charge in [-0.2, -0.15) is 0 Å². The lowest BCUT2D eigenvalue weighted by atomic mass is 10.0. The summed E-state index contributed by atoms with van der Waals surface area (Å²) in [6.45, 7) is -0.182. The molecule has 1 atom stereocenters. The molecule has 1 amide bonds. The van der Waals surface area contributed by atoms with Crippen LogP contribution in [0.25, 0.3) is 11.1 Å². The number of nitrogens with zero attached hydrogens (tertiary/aromatic N) is 1. The van der Waals surface area contributed by atoms with Gasteiger partial charge in [-0.1, -0.05) is 42.5 Å². The third-order valence-corrected chi connectivity index (χ3v) is 3.83. The van der Waals surface area contributed by atoms with Crippen molar-refractivity contribution in [2.75, 3.05) is 6.61 Å². The van der Waals surface area contributed by atoms with E-state index in [-0.39, 0.29) is 25.1 Å². The second kappa shape index (κ2) is 7.14. The molecule has 3 rings (SSSR count). The molecule has 0 radical (unpaired) electrons. The number of fused-ring (bicyclic) bond motifs is 1. The molecule has 3 aromatic rings. The fourth-order valence-corrected chi connectivity index (χ4v) is 2.68. The number of nitrogens with one attached hydrogen (secondary N) is 1. The number of hydrogen-bond acceptors (Lipinski definition) is 4. The first-order valence-electron chi connectivity index (χ1n) is 7.72. The van der Waals surface area contributed by atoms with Crippen LogP contribution in [0, 0.1) is 0 Å². The minimum atomic E-state index is -0.565. The van der Waals surface area contributed by atoms with E-state index in [0.717, 1.165) is 5.56 Å². The SMILES string of the molecule is O=C(Cn1c(=O)oc2ccccc21)NC(CCO)c1ccccc1. The second-order valence-corrected chi connectivity index (χ2v) is 5.46. The molecular weight excluding hydrogens is 308 g/mol. The zero-order chi connectivity index (χ0) is 16.9. The van der Waals surface area contributed by atoms with E-state index in [0.29, 0.717) is 17.5 Å². The normalized spacial score (nSPS) is 12.2. The smallest absolute Gasteiger partial charge is 0.408 e. The predicted molar refractivity (Wildman–Crippen MR) is 89.5 cm³/mol. The van der Waals surface area contributed by atoms with E-state index in [1.807, 2.05) is 30.3 Å². The van der Waals surface area contributed by atoms with Gasteiger partial charge in [0.2, 0.25) is 5.91 Å². The van der Waals surface area contributed by atoms with E-state index < -0.39 is 5.76 Å². The highest BCUT2D eigenvalue weighted by Gasteiger charge is 2.17. The van der Waals surface area contributed by atoms with E-state index in [1.54, 1.807) is 24.3 Å². The molecule has 6 heteroatoms. The third kappa shape index (κ3) is 3.38. The summed E-state index contributed by atoms with van der Waals surface area (Å²) in [6, 6.07) is 16.1. The molecule has 0 fully saturated rings. The van der Waals surface area contributed by atoms with Crippen molar-refractivity contribution in [3.05, 3.63) is 70.7 Å². The summed E-state index contributed by atoms with van der Waals surface area (Å²) in [5.74, 6) is -0.879. The summed E-state index contributed by atoms with van der Waals surface area (Å²) in [5, 5.41) is 12.1. The highest BCUT2D eigenvalue weighted by atomic mass is 16.4. The molecule has 2 N–H and O–H groups in total. The minimum Gasteiger partial charge on any atom is -0.408 e. The number of carbonyl (C=O) groups is 1. The molecule has 0 spiro atoms. The monoisotopic (exact) mass is 326 g/mol. The average Bonchev–Trinajstić information content (AvgIpc) is 2.91. The van der Waals surface area contributed by atoms with Crippen molar-refractivity contribution in [1.82, 2.24) is 9.88 Å². The molecule has 0 saturated heterocycles. The Morgan fingerprint density at radius 2 is 1.83 bits per heavy atom. The van der Waals surface area contributed by atoms with Crippen LogP contribution in [-0.4, -0.2) is 22.2 Å². The number of hydrogen-bond donors (Lipinski definition) is 2. The van der Waals surface area contributed by atoms with Crippen molar-refractivity contribution >= 4 is 17.0 Å². The van der Waals surface area contributed by atoms with Crippen LogP contribution in [0.1, 0.15) is 18.0 Å². The van der Waals surface area contributed by atoms with Gasteiger partial charge in [0.25, 0.3) is 0 Å². The number of para-hydroxylation sites is 2. The van der Waals surface area contributed by atoms with Crippen LogP contribution in [-0.2, 0) is 11.3 Å². The van der Waals surface area contributed by atoms with Gasteiger partial charge in [0.05, 0.1) is 11.6 Å². The standard InChI is InChI=1S/C18H18N2O4/c21-11-10-14(13-6-2-1-3-7-13)19-17(22)12-20-15-8-4-5-9-16(15)24-18(20)23/h1-9,14,21H,10-12H2,(H,19,22). The number of oxazole rings is 1. The Hall–Kier alpha value is -2.86. The number of rotatable bonds is 6. The maximum atomic E-state index is 12.4. The molecule has 124 valence electrons. The average molecular weight is 326 g/mol. The lowest BCUT2D eigenvalue weighted by Gasteiger charge is -2.18. The lowest BCUT2D eigenvalue weighted by molar-refractivity contribution is -0.122. The number of aromatic nitrogens is 1. The highest BCUT2D eigenvalue weighted by molar-refractivity contribution is 5.79. The Morgan fingerprint density at radius 3 is 2.58 bits per heavy atom. The van der Waals surface area contributed by atoms with Gasteiger partial charge in [-0.3, -0.25) is 9.36 Å². The van der Waals surface area contributed by atoms with Gasteiger partial charge in [0.1, 0.15) is 6.54 Å². The van der Waals surface area contributed by atoms with Crippen LogP contribution in [0.15, 0.2) is 63.8 Å². The van der Waals surface area contributed by atoms with Crippen molar-refractivity contribution in [1.29, 1.82) is 0 Å². The summed E-state index contributed by atoms with van der Waals surface area (Å²) in [7, 11) is 0. The molecule has 1 aromatic heterocycles. The van der Waals surface area contributed by atoms with Gasteiger partial charge in [0, 0.05) is 6.61 Å². The van der Waals surface area contributed by atoms with Crippen LogP contribution in [0.3, 0.4) is 0 Å². The van der Waals surface area contributed by atoms with Crippen LogP contribution in [0.4, 0.5) is 0 Å². The molecule has 0 aliphatic rings. The first-order valence-corrected chi connectivity index (χ1v) is 7.72. The van der Waals surface area contributed by atoms with Crippen molar-refractivity contribution in [3.63, 3.8) is 0 Å². The zero-order valence-corrected chi connectivity index (χ0v) is 13.0. The zero-order valence-electron chi connectivity index (χ0n) is 13.0. The van der Waals surface area contributed by atoms with Gasteiger partial charge in [0.15, 0.2) is 5.58 Å². The molecular formula is C18H18N2O4. The van der Waals surface area contributed by atoms with Gasteiger partial charge in [-0.25, -0.2) is 4.79 Å². The number of carbonyl (C=O) groups excluding carboxylic acids is 1. The molecule has 24 heavy (non-hydrogen) atoms. The second-order valence-electron chi connectivity index (χ2n) is 5.46. The summed E-state index contributed by atoms with van der Waals surface area (Å²) in [6.07, 6.45) is 0.400. The van der Waals surface area contributed by atoms with Crippen LogP contribution in [0.2, 0.25) is 0 Å². The van der Waals surface area contributed by atoms with E-state index in [1.165, 1.54) is 4.57 Å². The number of aliphatic hydroxyl groups excluding tert-OH is 1. The molecule has 0 aliphatic carbocycles. The molecule has 0 saturated carbocycles. The molecule has 1 unspecified atom stereocenters. The Morgan fingerprint density at radius 1 is 1.12 bits per heavy atom. The maximum absolute atomic E-state index is 12.4. The topological polar surface area (TPSA) is 84.5 Å². The van der Waals surface area contributed by atoms with E-state index >= 15 is 0 Å². The van der Waals surface area contributed by atoms with E-state index in [2.05, 4.69) is 5.32 Å². The maximum Gasteiger partial charge on any atom is 0.420 e. The van der Waals surface area contributed by atoms with Crippen LogP contribution in [0.5, 0.6) is 0 Å². The molecule has 2 aromatic carbocycles. The molecule has 6 nitrogen and oxygen atoms in total. The summed E-state index contributed by atoms with van der Waals surface area (Å²) >= 11 is 0. The summed E-state index contributed by atoms with van der Waals surface area (Å²) in [5.41, 5.74) is 1.94. The first kappa shape index (κ1) is 16.0. The summed E-state index contributed by atoms with van der Waals surface area (Å²) in [4.78, 5) is 24.3. The molecule has 0 bridgehead atoms. The Kier molecular flexibility index (Phi) is 4.77. The van der Waals surface area contributed by atoms with Gasteiger partial charge in [-0.15, -0.1) is 0 Å². The predicted octanol–water partition coefficient (Wildman–Crippen LogP) is 1.83. The van der Waals surface area contributed by atoms with E-state index in [4.69, 9.17) is 4.42 Å². The molecule has 1 heterocycles. The fraction of sp³-hybridized carbons (Fsp3) is 0.222. The van der Waals surface area contributed by atoms with Crippen molar-refractivity contribution < 1.29 is 14.3 Å². The van der Waals surface area contributed by atoms with Crippen LogP contribution >= 0.6 is 0 Å². The van der Waals surface area contributed by atoms with Crippen molar-refractivity contribution in [2.45, 2.75) is 19.0 Å².